The summed E-state index contributed by atoms with van der Waals surface area (Å²) in [4.78, 5) is 0. The summed E-state index contributed by atoms with van der Waals surface area (Å²) in [5.41, 5.74) is 7.29. The highest BCUT2D eigenvalue weighted by Crippen LogP contribution is 2.27. The maximum Gasteiger partial charge on any atom is 0.105 e. The lowest BCUT2D eigenvalue weighted by Gasteiger charge is -2.22. The van der Waals surface area contributed by atoms with Crippen LogP contribution < -0.4 is 10.6 Å². The SMILES string of the molecule is COCC(OC)c1cc(CN[C@H](C)C2=CNC(C)C=C2)cc(-c2ccc(C)cc2)c1. The van der Waals surface area contributed by atoms with Gasteiger partial charge in [-0.2, -0.15) is 0 Å². The van der Waals surface area contributed by atoms with Gasteiger partial charge >= 0.3 is 0 Å². The van der Waals surface area contributed by atoms with Gasteiger partial charge in [-0.15, -0.1) is 0 Å². The van der Waals surface area contributed by atoms with Crippen LogP contribution in [-0.2, 0) is 16.0 Å². The van der Waals surface area contributed by atoms with Crippen LogP contribution in [0.15, 0.2) is 66.4 Å². The minimum absolute atomic E-state index is 0.0914. The Morgan fingerprint density at radius 1 is 1.07 bits per heavy atom. The summed E-state index contributed by atoms with van der Waals surface area (Å²) in [5, 5.41) is 7.03. The number of methoxy groups -OCH3 is 2. The zero-order chi connectivity index (χ0) is 21.5. The molecule has 0 radical (unpaired) electrons. The third-order valence-electron chi connectivity index (χ3n) is 5.58. The Kier molecular flexibility index (Phi) is 7.86. The second-order valence-corrected chi connectivity index (χ2v) is 8.07. The predicted molar refractivity (Wildman–Crippen MR) is 124 cm³/mol. The molecule has 2 aromatic rings. The zero-order valence-electron chi connectivity index (χ0n) is 18.7. The molecule has 4 heteroatoms. The zero-order valence-corrected chi connectivity index (χ0v) is 18.7. The van der Waals surface area contributed by atoms with Crippen molar-refractivity contribution in [3.05, 3.63) is 83.1 Å². The Balaban J connectivity index is 1.84. The molecule has 1 aliphatic heterocycles. The van der Waals surface area contributed by atoms with Gasteiger partial charge in [0.15, 0.2) is 0 Å². The van der Waals surface area contributed by atoms with Crippen molar-refractivity contribution >= 4 is 0 Å². The summed E-state index contributed by atoms with van der Waals surface area (Å²) in [6.07, 6.45) is 6.41. The van der Waals surface area contributed by atoms with E-state index in [0.29, 0.717) is 12.6 Å². The summed E-state index contributed by atoms with van der Waals surface area (Å²) in [6.45, 7) is 7.75. The van der Waals surface area contributed by atoms with E-state index in [1.165, 1.54) is 27.8 Å². The average molecular weight is 407 g/mol. The van der Waals surface area contributed by atoms with Gasteiger partial charge in [-0.1, -0.05) is 48.0 Å². The van der Waals surface area contributed by atoms with Crippen molar-refractivity contribution in [2.45, 2.75) is 45.5 Å². The number of dihydropyridines is 1. The van der Waals surface area contributed by atoms with Gasteiger partial charge in [0.25, 0.3) is 0 Å². The average Bonchev–Trinajstić information content (AvgIpc) is 2.76. The van der Waals surface area contributed by atoms with Gasteiger partial charge in [0, 0.05) is 39.0 Å². The van der Waals surface area contributed by atoms with Crippen LogP contribution in [0, 0.1) is 6.92 Å². The number of nitrogens with one attached hydrogen (secondary N) is 2. The fourth-order valence-corrected chi connectivity index (χ4v) is 3.62. The van der Waals surface area contributed by atoms with Crippen LogP contribution >= 0.6 is 0 Å². The van der Waals surface area contributed by atoms with E-state index in [-0.39, 0.29) is 12.1 Å². The van der Waals surface area contributed by atoms with Crippen LogP contribution in [0.5, 0.6) is 0 Å². The molecule has 3 rings (SSSR count). The van der Waals surface area contributed by atoms with Gasteiger partial charge < -0.3 is 20.1 Å². The minimum atomic E-state index is -0.0914. The number of ether oxygens (including phenoxy) is 2. The summed E-state index contributed by atoms with van der Waals surface area (Å²) in [5.74, 6) is 0. The number of aryl methyl sites for hydroxylation is 1. The van der Waals surface area contributed by atoms with Crippen LogP contribution in [-0.4, -0.2) is 32.9 Å². The first-order valence-electron chi connectivity index (χ1n) is 10.6. The van der Waals surface area contributed by atoms with Gasteiger partial charge in [-0.3, -0.25) is 0 Å². The van der Waals surface area contributed by atoms with Gasteiger partial charge in [-0.05, 0) is 60.7 Å². The fraction of sp³-hybridized carbons (Fsp3) is 0.385. The first kappa shape index (κ1) is 22.3. The van der Waals surface area contributed by atoms with Crippen molar-refractivity contribution in [1.29, 1.82) is 0 Å². The molecule has 0 amide bonds. The van der Waals surface area contributed by atoms with Crippen LogP contribution in [0.4, 0.5) is 0 Å². The molecule has 1 heterocycles. The lowest BCUT2D eigenvalue weighted by atomic mass is 9.96. The second kappa shape index (κ2) is 10.6. The largest absolute Gasteiger partial charge is 0.385 e. The van der Waals surface area contributed by atoms with Crippen molar-refractivity contribution in [3.8, 4) is 11.1 Å². The van der Waals surface area contributed by atoms with E-state index < -0.39 is 0 Å². The molecule has 2 unspecified atom stereocenters. The molecular formula is C26H34N2O2. The molecule has 0 fully saturated rings. The van der Waals surface area contributed by atoms with Crippen molar-refractivity contribution in [3.63, 3.8) is 0 Å². The van der Waals surface area contributed by atoms with E-state index in [9.17, 15) is 0 Å². The van der Waals surface area contributed by atoms with Crippen molar-refractivity contribution < 1.29 is 9.47 Å². The van der Waals surface area contributed by atoms with Crippen LogP contribution in [0.25, 0.3) is 11.1 Å². The lowest BCUT2D eigenvalue weighted by Crippen LogP contribution is -2.31. The summed E-state index contributed by atoms with van der Waals surface area (Å²) >= 11 is 0. The molecule has 0 bridgehead atoms. The highest BCUT2D eigenvalue weighted by Gasteiger charge is 2.15. The number of hydrogen-bond acceptors (Lipinski definition) is 4. The van der Waals surface area contributed by atoms with Crippen LogP contribution in [0.2, 0.25) is 0 Å². The van der Waals surface area contributed by atoms with Gasteiger partial charge in [-0.25, -0.2) is 0 Å². The highest BCUT2D eigenvalue weighted by atomic mass is 16.5. The Hall–Kier alpha value is -2.40. The van der Waals surface area contributed by atoms with E-state index in [1.807, 2.05) is 0 Å². The van der Waals surface area contributed by atoms with E-state index in [0.717, 1.165) is 12.1 Å². The minimum Gasteiger partial charge on any atom is -0.385 e. The maximum absolute atomic E-state index is 5.70. The van der Waals surface area contributed by atoms with Crippen molar-refractivity contribution in [1.82, 2.24) is 10.6 Å². The topological polar surface area (TPSA) is 42.5 Å². The fourth-order valence-electron chi connectivity index (χ4n) is 3.62. The van der Waals surface area contributed by atoms with Crippen LogP contribution in [0.3, 0.4) is 0 Å². The first-order chi connectivity index (χ1) is 14.5. The van der Waals surface area contributed by atoms with E-state index in [2.05, 4.69) is 92.2 Å². The van der Waals surface area contributed by atoms with Crippen molar-refractivity contribution in [2.24, 2.45) is 0 Å². The Labute approximate surface area is 181 Å². The molecule has 3 atom stereocenters. The monoisotopic (exact) mass is 406 g/mol. The smallest absolute Gasteiger partial charge is 0.105 e. The van der Waals surface area contributed by atoms with E-state index in [1.54, 1.807) is 14.2 Å². The van der Waals surface area contributed by atoms with Gasteiger partial charge in [0.05, 0.1) is 6.61 Å². The van der Waals surface area contributed by atoms with Crippen molar-refractivity contribution in [2.75, 3.05) is 20.8 Å². The summed E-state index contributed by atoms with van der Waals surface area (Å²) in [7, 11) is 3.44. The molecule has 0 aliphatic carbocycles. The highest BCUT2D eigenvalue weighted by molar-refractivity contribution is 5.65. The third-order valence-corrected chi connectivity index (χ3v) is 5.58. The Morgan fingerprint density at radius 3 is 2.47 bits per heavy atom. The normalized spacial score (nSPS) is 17.9. The molecule has 0 saturated carbocycles. The van der Waals surface area contributed by atoms with E-state index in [4.69, 9.17) is 9.47 Å². The third kappa shape index (κ3) is 5.82. The van der Waals surface area contributed by atoms with Crippen LogP contribution in [0.1, 0.15) is 36.6 Å². The maximum atomic E-state index is 5.70. The molecule has 0 saturated heterocycles. The molecule has 2 N–H and O–H groups in total. The molecular weight excluding hydrogens is 372 g/mol. The van der Waals surface area contributed by atoms with Gasteiger partial charge in [0.2, 0.25) is 0 Å². The number of benzene rings is 2. The van der Waals surface area contributed by atoms with Gasteiger partial charge in [0.1, 0.15) is 6.10 Å². The standard InChI is InChI=1S/C26H34N2O2/c1-18-6-9-22(10-7-18)24-12-21(13-25(14-24)26(30-5)17-29-4)15-28-20(3)23-11-8-19(2)27-16-23/h6-14,16,19-20,26-28H,15,17H2,1-5H3/t19?,20-,26?/m1/s1. The number of rotatable bonds is 9. The molecule has 1 aliphatic rings. The summed E-state index contributed by atoms with van der Waals surface area (Å²) < 4.78 is 11.1. The Bertz CT molecular complexity index is 886. The second-order valence-electron chi connectivity index (χ2n) is 8.07. The quantitative estimate of drug-likeness (QED) is 0.621. The number of hydrogen-bond donors (Lipinski definition) is 2. The predicted octanol–water partition coefficient (Wildman–Crippen LogP) is 4.91. The van der Waals surface area contributed by atoms with E-state index >= 15 is 0 Å². The molecule has 0 aromatic heterocycles. The summed E-state index contributed by atoms with van der Waals surface area (Å²) in [6, 6.07) is 16.0. The first-order valence-corrected chi connectivity index (χ1v) is 10.6. The molecule has 4 nitrogen and oxygen atoms in total. The molecule has 160 valence electrons. The molecule has 30 heavy (non-hydrogen) atoms. The molecule has 2 aromatic carbocycles. The molecule has 0 spiro atoms. The Morgan fingerprint density at radius 2 is 1.83 bits per heavy atom. The lowest BCUT2D eigenvalue weighted by molar-refractivity contribution is 0.0274.